The third-order valence-electron chi connectivity index (χ3n) is 4.54. The fraction of sp³-hybridized carbons (Fsp3) is 0. The minimum atomic E-state index is -0.407. The van der Waals surface area contributed by atoms with Gasteiger partial charge in [-0.1, -0.05) is 78.9 Å². The van der Waals surface area contributed by atoms with E-state index in [4.69, 9.17) is 4.42 Å². The van der Waals surface area contributed by atoms with Crippen molar-refractivity contribution < 1.29 is 29.6 Å². The molecule has 0 amide bonds. The summed E-state index contributed by atoms with van der Waals surface area (Å²) in [5, 5.41) is 10.3. The van der Waals surface area contributed by atoms with Gasteiger partial charge >= 0.3 is 0 Å². The number of hydrogen-bond acceptors (Lipinski definition) is 4. The number of hydrogen-bond donors (Lipinski definition) is 1. The van der Waals surface area contributed by atoms with Gasteiger partial charge in [-0.3, -0.25) is 9.78 Å². The molecule has 2 heterocycles. The molecule has 0 saturated heterocycles. The van der Waals surface area contributed by atoms with E-state index in [9.17, 15) is 9.90 Å². The average molecular weight is 586 g/mol. The Bertz CT molecular complexity index is 1270. The number of fused-ring (bicyclic) bond motifs is 1. The molecular formula is C26H19IrNO3. The van der Waals surface area contributed by atoms with Gasteiger partial charge in [0.1, 0.15) is 5.58 Å². The number of para-hydroxylation sites is 1. The van der Waals surface area contributed by atoms with Crippen molar-refractivity contribution in [2.75, 3.05) is 0 Å². The second kappa shape index (κ2) is 10.5. The Morgan fingerprint density at radius 2 is 1.26 bits per heavy atom. The minimum absolute atomic E-state index is 0. The van der Waals surface area contributed by atoms with Crippen LogP contribution in [0, 0.1) is 0 Å². The summed E-state index contributed by atoms with van der Waals surface area (Å²) in [5.74, 6) is -0.140. The molecule has 1 radical (unpaired) electrons. The van der Waals surface area contributed by atoms with Crippen LogP contribution < -0.4 is 5.43 Å². The molecule has 0 saturated carbocycles. The predicted octanol–water partition coefficient (Wildman–Crippen LogP) is 5.91. The summed E-state index contributed by atoms with van der Waals surface area (Å²) in [7, 11) is 0. The number of rotatable bonds is 2. The van der Waals surface area contributed by atoms with E-state index in [1.54, 1.807) is 36.4 Å². The van der Waals surface area contributed by atoms with E-state index in [2.05, 4.69) is 17.1 Å². The summed E-state index contributed by atoms with van der Waals surface area (Å²) >= 11 is 0. The first-order chi connectivity index (χ1) is 14.7. The van der Waals surface area contributed by atoms with Crippen molar-refractivity contribution in [2.45, 2.75) is 0 Å². The first kappa shape index (κ1) is 22.2. The van der Waals surface area contributed by atoms with Crippen molar-refractivity contribution in [1.29, 1.82) is 0 Å². The van der Waals surface area contributed by atoms with E-state index in [1.165, 1.54) is 0 Å². The third-order valence-corrected chi connectivity index (χ3v) is 4.54. The molecule has 5 rings (SSSR count). The van der Waals surface area contributed by atoms with Gasteiger partial charge in [-0.2, -0.15) is 0 Å². The number of aromatic hydroxyl groups is 1. The van der Waals surface area contributed by atoms with Crippen LogP contribution in [0.3, 0.4) is 0 Å². The van der Waals surface area contributed by atoms with Gasteiger partial charge in [0.05, 0.1) is 11.1 Å². The third kappa shape index (κ3) is 5.15. The zero-order valence-electron chi connectivity index (χ0n) is 16.4. The Labute approximate surface area is 193 Å². The fourth-order valence-corrected chi connectivity index (χ4v) is 3.06. The quantitative estimate of drug-likeness (QED) is 0.280. The average Bonchev–Trinajstić information content (AvgIpc) is 2.83. The van der Waals surface area contributed by atoms with E-state index in [1.807, 2.05) is 60.8 Å². The smallest absolute Gasteiger partial charge is 0.235 e. The normalized spacial score (nSPS) is 9.94. The van der Waals surface area contributed by atoms with Gasteiger partial charge in [0, 0.05) is 37.4 Å². The summed E-state index contributed by atoms with van der Waals surface area (Å²) in [6, 6.07) is 32.0. The Kier molecular flexibility index (Phi) is 7.49. The Balaban J connectivity index is 0.000000183. The topological polar surface area (TPSA) is 63.3 Å². The van der Waals surface area contributed by atoms with Crippen molar-refractivity contribution in [2.24, 2.45) is 0 Å². The van der Waals surface area contributed by atoms with E-state index >= 15 is 0 Å². The van der Waals surface area contributed by atoms with Crippen LogP contribution in [-0.4, -0.2) is 10.1 Å². The van der Waals surface area contributed by atoms with Crippen LogP contribution in [-0.2, 0) is 20.1 Å². The molecule has 0 atom stereocenters. The van der Waals surface area contributed by atoms with Crippen LogP contribution in [0.4, 0.5) is 0 Å². The summed E-state index contributed by atoms with van der Waals surface area (Å²) in [4.78, 5) is 16.3. The molecule has 0 bridgehead atoms. The zero-order chi connectivity index (χ0) is 20.8. The van der Waals surface area contributed by atoms with Crippen LogP contribution >= 0.6 is 0 Å². The summed E-state index contributed by atoms with van der Waals surface area (Å²) in [6.45, 7) is 0. The van der Waals surface area contributed by atoms with Gasteiger partial charge in [-0.05, 0) is 24.3 Å². The van der Waals surface area contributed by atoms with Crippen LogP contribution in [0.2, 0.25) is 0 Å². The second-order valence-corrected chi connectivity index (χ2v) is 6.55. The Morgan fingerprint density at radius 1 is 0.677 bits per heavy atom. The molecule has 2 aromatic heterocycles. The molecule has 1 N–H and O–H groups in total. The zero-order valence-corrected chi connectivity index (χ0v) is 18.8. The summed E-state index contributed by atoms with van der Waals surface area (Å²) < 4.78 is 5.61. The molecule has 5 heteroatoms. The van der Waals surface area contributed by atoms with E-state index < -0.39 is 5.43 Å². The maximum Gasteiger partial charge on any atom is 0.235 e. The molecule has 0 aliphatic heterocycles. The van der Waals surface area contributed by atoms with Crippen molar-refractivity contribution in [3.63, 3.8) is 0 Å². The number of pyridine rings is 1. The van der Waals surface area contributed by atoms with E-state index in [0.29, 0.717) is 16.5 Å². The molecule has 0 spiro atoms. The maximum atomic E-state index is 12.0. The van der Waals surface area contributed by atoms with Crippen molar-refractivity contribution in [1.82, 2.24) is 4.98 Å². The molecule has 31 heavy (non-hydrogen) atoms. The van der Waals surface area contributed by atoms with Gasteiger partial charge in [0.25, 0.3) is 0 Å². The largest absolute Gasteiger partial charge is 0.502 e. The SMILES string of the molecule is O=c1c(O)c(-c2ccccc2)oc2ccccc12.[Ir].c1ccc(-c2ccccn2)cc1. The standard InChI is InChI=1S/C15H10O3.C11H9N.Ir/c16-13-11-8-4-5-9-12(11)18-15(14(13)17)10-6-2-1-3-7-10;1-2-6-10(7-3-1)11-8-4-5-9-12-11;/h1-9,17H;1-9H;. The molecule has 0 aliphatic rings. The monoisotopic (exact) mass is 586 g/mol. The molecular weight excluding hydrogens is 567 g/mol. The van der Waals surface area contributed by atoms with Crippen LogP contribution in [0.15, 0.2) is 119 Å². The van der Waals surface area contributed by atoms with Gasteiger partial charge in [0.2, 0.25) is 11.2 Å². The predicted molar refractivity (Wildman–Crippen MR) is 119 cm³/mol. The van der Waals surface area contributed by atoms with E-state index in [-0.39, 0.29) is 31.6 Å². The van der Waals surface area contributed by atoms with Crippen molar-refractivity contribution >= 4 is 11.0 Å². The van der Waals surface area contributed by atoms with Crippen LogP contribution in [0.1, 0.15) is 0 Å². The van der Waals surface area contributed by atoms with E-state index in [0.717, 1.165) is 11.3 Å². The van der Waals surface area contributed by atoms with Crippen LogP contribution in [0.5, 0.6) is 5.75 Å². The van der Waals surface area contributed by atoms with Crippen molar-refractivity contribution in [3.05, 3.63) is 120 Å². The molecule has 5 aromatic rings. The molecule has 155 valence electrons. The molecule has 4 nitrogen and oxygen atoms in total. The molecule has 3 aromatic carbocycles. The minimum Gasteiger partial charge on any atom is -0.502 e. The number of nitrogens with zero attached hydrogens (tertiary/aromatic N) is 1. The molecule has 0 aliphatic carbocycles. The van der Waals surface area contributed by atoms with Gasteiger partial charge < -0.3 is 9.52 Å². The Hall–Kier alpha value is -3.53. The summed E-state index contributed by atoms with van der Waals surface area (Å²) in [5.41, 5.74) is 2.93. The molecule has 0 fully saturated rings. The second-order valence-electron chi connectivity index (χ2n) is 6.55. The van der Waals surface area contributed by atoms with Gasteiger partial charge in [-0.15, -0.1) is 0 Å². The van der Waals surface area contributed by atoms with Crippen LogP contribution in [0.25, 0.3) is 33.6 Å². The molecule has 0 unspecified atom stereocenters. The fourth-order valence-electron chi connectivity index (χ4n) is 3.06. The maximum absolute atomic E-state index is 12.0. The summed E-state index contributed by atoms with van der Waals surface area (Å²) in [6.07, 6.45) is 1.81. The van der Waals surface area contributed by atoms with Crippen molar-refractivity contribution in [3.8, 4) is 28.3 Å². The number of aromatic nitrogens is 1. The first-order valence-electron chi connectivity index (χ1n) is 9.51. The Morgan fingerprint density at radius 3 is 1.90 bits per heavy atom. The van der Waals surface area contributed by atoms with Gasteiger partial charge in [-0.25, -0.2) is 0 Å². The number of benzene rings is 3. The van der Waals surface area contributed by atoms with Gasteiger partial charge in [0.15, 0.2) is 5.76 Å². The first-order valence-corrected chi connectivity index (χ1v) is 9.51.